The standard InChI is InChI=1S/C24H26F2N2O4/c1-12-5-15-13-7-20(23(2,3)4)28-9-16(22(30)31)19(29)8-17(28)14(13)6-18(21(15)32-12)27-10-24(25,26)11-27/h6,8-9,12,20H,5,7,10-11H2,1-4H3,(H,30,31)/t12-,20-/m0/s1. The monoisotopic (exact) mass is 444 g/mol. The molecule has 5 rings (SSSR count). The van der Waals surface area contributed by atoms with Gasteiger partial charge in [-0.3, -0.25) is 4.79 Å². The van der Waals surface area contributed by atoms with E-state index in [4.69, 9.17) is 4.74 Å². The van der Waals surface area contributed by atoms with Gasteiger partial charge >= 0.3 is 5.97 Å². The van der Waals surface area contributed by atoms with E-state index in [2.05, 4.69) is 20.8 Å². The van der Waals surface area contributed by atoms with E-state index in [-0.39, 0.29) is 36.2 Å². The molecular weight excluding hydrogens is 418 g/mol. The third kappa shape index (κ3) is 3.11. The van der Waals surface area contributed by atoms with Gasteiger partial charge in [0.05, 0.1) is 24.5 Å². The zero-order valence-corrected chi connectivity index (χ0v) is 18.5. The fraction of sp³-hybridized carbons (Fsp3) is 0.500. The van der Waals surface area contributed by atoms with Crippen LogP contribution in [0, 0.1) is 5.41 Å². The number of alkyl halides is 2. The van der Waals surface area contributed by atoms with Gasteiger partial charge in [0.2, 0.25) is 0 Å². The van der Waals surface area contributed by atoms with Gasteiger partial charge in [0.1, 0.15) is 17.4 Å². The lowest BCUT2D eigenvalue weighted by Gasteiger charge is -2.43. The molecule has 32 heavy (non-hydrogen) atoms. The Kier molecular flexibility index (Phi) is 4.30. The molecule has 1 saturated heterocycles. The van der Waals surface area contributed by atoms with Crippen LogP contribution in [0.3, 0.4) is 0 Å². The molecule has 4 heterocycles. The molecule has 3 aliphatic heterocycles. The molecule has 1 N–H and O–H groups in total. The third-order valence-electron chi connectivity index (χ3n) is 6.79. The Balaban J connectivity index is 1.76. The predicted molar refractivity (Wildman–Crippen MR) is 116 cm³/mol. The van der Waals surface area contributed by atoms with Crippen LogP contribution in [0.2, 0.25) is 0 Å². The molecule has 0 radical (unpaired) electrons. The van der Waals surface area contributed by atoms with Crippen LogP contribution in [0.4, 0.5) is 14.5 Å². The third-order valence-corrected chi connectivity index (χ3v) is 6.79. The van der Waals surface area contributed by atoms with Gasteiger partial charge in [-0.25, -0.2) is 13.6 Å². The quantitative estimate of drug-likeness (QED) is 0.754. The van der Waals surface area contributed by atoms with E-state index < -0.39 is 17.3 Å². The largest absolute Gasteiger partial charge is 0.488 e. The zero-order valence-electron chi connectivity index (χ0n) is 18.5. The summed E-state index contributed by atoms with van der Waals surface area (Å²) in [6, 6.07) is 3.13. The smallest absolute Gasteiger partial charge is 0.341 e. The minimum Gasteiger partial charge on any atom is -0.488 e. The first-order valence-electron chi connectivity index (χ1n) is 10.8. The zero-order chi connectivity index (χ0) is 23.2. The van der Waals surface area contributed by atoms with Crippen LogP contribution < -0.4 is 15.1 Å². The molecule has 1 aromatic carbocycles. The van der Waals surface area contributed by atoms with Crippen LogP contribution in [0.5, 0.6) is 5.75 Å². The number of aromatic carboxylic acids is 1. The number of carboxylic acids is 1. The first-order chi connectivity index (χ1) is 14.9. The maximum absolute atomic E-state index is 13.7. The average molecular weight is 444 g/mol. The van der Waals surface area contributed by atoms with E-state index in [1.54, 1.807) is 4.90 Å². The molecule has 0 spiro atoms. The highest BCUT2D eigenvalue weighted by Crippen LogP contribution is 2.51. The second-order valence-electron chi connectivity index (χ2n) is 10.3. The van der Waals surface area contributed by atoms with Gasteiger partial charge in [-0.2, -0.15) is 0 Å². The summed E-state index contributed by atoms with van der Waals surface area (Å²) >= 11 is 0. The Morgan fingerprint density at radius 2 is 1.88 bits per heavy atom. The van der Waals surface area contributed by atoms with Crippen molar-refractivity contribution in [1.82, 2.24) is 4.57 Å². The number of carboxylic acid groups (broad SMARTS) is 1. The minimum atomic E-state index is -2.73. The van der Waals surface area contributed by atoms with E-state index in [1.165, 1.54) is 12.3 Å². The molecule has 0 saturated carbocycles. The van der Waals surface area contributed by atoms with Gasteiger partial charge in [0, 0.05) is 35.9 Å². The number of anilines is 1. The van der Waals surface area contributed by atoms with Crippen molar-refractivity contribution in [2.45, 2.75) is 58.6 Å². The molecule has 6 nitrogen and oxygen atoms in total. The average Bonchev–Trinajstić information content (AvgIpc) is 3.04. The van der Waals surface area contributed by atoms with Crippen molar-refractivity contribution in [3.63, 3.8) is 0 Å². The minimum absolute atomic E-state index is 0.0661. The number of rotatable bonds is 2. The van der Waals surface area contributed by atoms with Gasteiger partial charge < -0.3 is 19.3 Å². The molecule has 2 aromatic rings. The van der Waals surface area contributed by atoms with E-state index >= 15 is 0 Å². The fourth-order valence-corrected chi connectivity index (χ4v) is 5.20. The highest BCUT2D eigenvalue weighted by molar-refractivity contribution is 5.88. The van der Waals surface area contributed by atoms with Gasteiger partial charge in [-0.05, 0) is 30.4 Å². The van der Waals surface area contributed by atoms with E-state index in [1.807, 2.05) is 17.6 Å². The second kappa shape index (κ2) is 6.56. The number of benzene rings is 1. The van der Waals surface area contributed by atoms with Crippen molar-refractivity contribution in [2.24, 2.45) is 5.41 Å². The fourth-order valence-electron chi connectivity index (χ4n) is 5.20. The molecule has 1 aromatic heterocycles. The van der Waals surface area contributed by atoms with Gasteiger partial charge in [-0.1, -0.05) is 20.8 Å². The number of hydrogen-bond donors (Lipinski definition) is 1. The van der Waals surface area contributed by atoms with Gasteiger partial charge in [0.15, 0.2) is 5.43 Å². The first-order valence-corrected chi connectivity index (χ1v) is 10.8. The number of ether oxygens (including phenoxy) is 1. The molecule has 1 fully saturated rings. The van der Waals surface area contributed by atoms with Crippen molar-refractivity contribution in [3.05, 3.63) is 45.2 Å². The Hall–Kier alpha value is -2.90. The van der Waals surface area contributed by atoms with Crippen LogP contribution in [0.25, 0.3) is 11.3 Å². The SMILES string of the molecule is C[C@H]1Cc2c3c(cc(N4CC(F)(F)C4)c2O1)-c1cc(=O)c(C(=O)O)cn1[C@H](C(C)(C)C)C3. The van der Waals surface area contributed by atoms with Crippen molar-refractivity contribution >= 4 is 11.7 Å². The number of pyridine rings is 1. The van der Waals surface area contributed by atoms with Crippen molar-refractivity contribution in [3.8, 4) is 17.0 Å². The summed E-state index contributed by atoms with van der Waals surface area (Å²) in [4.78, 5) is 25.9. The van der Waals surface area contributed by atoms with Crippen LogP contribution >= 0.6 is 0 Å². The number of fused-ring (bicyclic) bond motifs is 5. The second-order valence-corrected chi connectivity index (χ2v) is 10.3. The number of aromatic nitrogens is 1. The lowest BCUT2D eigenvalue weighted by molar-refractivity contribution is -0.0264. The van der Waals surface area contributed by atoms with Crippen molar-refractivity contribution in [2.75, 3.05) is 18.0 Å². The summed E-state index contributed by atoms with van der Waals surface area (Å²) in [5.41, 5.74) is 3.05. The van der Waals surface area contributed by atoms with Gasteiger partial charge in [-0.15, -0.1) is 0 Å². The lowest BCUT2D eigenvalue weighted by Crippen LogP contribution is -2.56. The summed E-state index contributed by atoms with van der Waals surface area (Å²) in [5, 5.41) is 9.51. The van der Waals surface area contributed by atoms with E-state index in [9.17, 15) is 23.5 Å². The van der Waals surface area contributed by atoms with Crippen molar-refractivity contribution < 1.29 is 23.4 Å². The van der Waals surface area contributed by atoms with Crippen LogP contribution in [0.15, 0.2) is 23.1 Å². The summed E-state index contributed by atoms with van der Waals surface area (Å²) in [6.45, 7) is 7.47. The molecule has 0 amide bonds. The topological polar surface area (TPSA) is 71.8 Å². The molecular formula is C24H26F2N2O4. The summed E-state index contributed by atoms with van der Waals surface area (Å²) < 4.78 is 35.3. The Labute approximate surface area is 184 Å². The normalized spacial score (nSPS) is 23.0. The van der Waals surface area contributed by atoms with Gasteiger partial charge in [0.25, 0.3) is 5.92 Å². The molecule has 8 heteroatoms. The first kappa shape index (κ1) is 21.0. The number of nitrogens with zero attached hydrogens (tertiary/aromatic N) is 2. The Morgan fingerprint density at radius 3 is 2.47 bits per heavy atom. The number of carbonyl (C=O) groups is 1. The highest BCUT2D eigenvalue weighted by atomic mass is 19.3. The lowest BCUT2D eigenvalue weighted by atomic mass is 9.77. The molecule has 0 unspecified atom stereocenters. The summed E-state index contributed by atoms with van der Waals surface area (Å²) in [7, 11) is 0. The predicted octanol–water partition coefficient (Wildman–Crippen LogP) is 4.14. The van der Waals surface area contributed by atoms with E-state index in [0.29, 0.717) is 30.0 Å². The maximum Gasteiger partial charge on any atom is 0.341 e. The van der Waals surface area contributed by atoms with Crippen LogP contribution in [0.1, 0.15) is 55.2 Å². The van der Waals surface area contributed by atoms with Crippen molar-refractivity contribution in [1.29, 1.82) is 0 Å². The summed E-state index contributed by atoms with van der Waals surface area (Å²) in [5.74, 6) is -3.32. The summed E-state index contributed by atoms with van der Waals surface area (Å²) in [6.07, 6.45) is 2.68. The number of halogens is 2. The Bertz CT molecular complexity index is 1200. The maximum atomic E-state index is 13.7. The molecule has 2 atom stereocenters. The number of hydrogen-bond acceptors (Lipinski definition) is 4. The van der Waals surface area contributed by atoms with Crippen LogP contribution in [-0.2, 0) is 12.8 Å². The molecule has 0 bridgehead atoms. The van der Waals surface area contributed by atoms with Crippen LogP contribution in [-0.4, -0.2) is 40.8 Å². The Morgan fingerprint density at radius 1 is 1.19 bits per heavy atom. The highest BCUT2D eigenvalue weighted by Gasteiger charge is 2.47. The molecule has 170 valence electrons. The van der Waals surface area contributed by atoms with E-state index in [0.717, 1.165) is 16.7 Å². The molecule has 0 aliphatic carbocycles. The molecule has 3 aliphatic rings.